The molecule has 4 unspecified atom stereocenters. The molecule has 8 heteroatoms. The Bertz CT molecular complexity index is 1360. The zero-order chi connectivity index (χ0) is 25.0. The Kier molecular flexibility index (Phi) is 5.90. The fraction of sp³-hybridized carbons (Fsp3) is 0.429. The zero-order valence-electron chi connectivity index (χ0n) is 19.9. The summed E-state index contributed by atoms with van der Waals surface area (Å²) < 4.78 is 32.5. The van der Waals surface area contributed by atoms with Crippen molar-refractivity contribution in [1.82, 2.24) is 14.7 Å². The summed E-state index contributed by atoms with van der Waals surface area (Å²) in [5.41, 5.74) is -0.450. The summed E-state index contributed by atoms with van der Waals surface area (Å²) in [6, 6.07) is 10.7. The molecule has 1 heterocycles. The molecule has 36 heavy (non-hydrogen) atoms. The van der Waals surface area contributed by atoms with Gasteiger partial charge in [-0.15, -0.1) is 0 Å². The van der Waals surface area contributed by atoms with Crippen LogP contribution in [-0.2, 0) is 6.54 Å². The van der Waals surface area contributed by atoms with Crippen LogP contribution in [-0.4, -0.2) is 20.8 Å². The molecule has 6 rings (SSSR count). The molecule has 3 fully saturated rings. The molecule has 3 aliphatic carbocycles. The summed E-state index contributed by atoms with van der Waals surface area (Å²) in [6.07, 6.45) is 9.12. The number of amides is 1. The molecule has 0 radical (unpaired) electrons. The van der Waals surface area contributed by atoms with Crippen LogP contribution in [0.1, 0.15) is 60.9 Å². The summed E-state index contributed by atoms with van der Waals surface area (Å²) in [7, 11) is 0. The topological polar surface area (TPSA) is 56.0 Å². The van der Waals surface area contributed by atoms with Gasteiger partial charge in [-0.3, -0.25) is 14.3 Å². The van der Waals surface area contributed by atoms with E-state index in [0.717, 1.165) is 36.1 Å². The minimum absolute atomic E-state index is 0.0113. The number of aromatic nitrogens is 2. The van der Waals surface area contributed by atoms with Gasteiger partial charge in [-0.2, -0.15) is 0 Å². The Labute approximate surface area is 216 Å². The van der Waals surface area contributed by atoms with Gasteiger partial charge < -0.3 is 5.32 Å². The Hall–Kier alpha value is -2.74. The SMILES string of the molecule is O=C(NC12CCCC3CC(CC3C1)C2)c1cn(Cc2c(F)cccc2F)n(-c2ccc(Br)cc2)c1=O. The summed E-state index contributed by atoms with van der Waals surface area (Å²) >= 11 is 3.39. The Balaban J connectivity index is 1.38. The molecule has 188 valence electrons. The highest BCUT2D eigenvalue weighted by molar-refractivity contribution is 9.10. The number of rotatable bonds is 5. The smallest absolute Gasteiger partial charge is 0.284 e. The second-order valence-electron chi connectivity index (χ2n) is 10.8. The first-order valence-corrected chi connectivity index (χ1v) is 13.4. The van der Waals surface area contributed by atoms with Gasteiger partial charge in [0.25, 0.3) is 11.5 Å². The second kappa shape index (κ2) is 8.98. The highest BCUT2D eigenvalue weighted by atomic mass is 79.9. The summed E-state index contributed by atoms with van der Waals surface area (Å²) in [5, 5.41) is 3.28. The van der Waals surface area contributed by atoms with Gasteiger partial charge in [-0.05, 0) is 86.3 Å². The van der Waals surface area contributed by atoms with Crippen molar-refractivity contribution in [2.45, 2.75) is 57.0 Å². The number of nitrogens with zero attached hydrogens (tertiary/aromatic N) is 2. The van der Waals surface area contributed by atoms with E-state index in [1.807, 2.05) is 0 Å². The minimum atomic E-state index is -0.700. The van der Waals surface area contributed by atoms with Gasteiger partial charge in [-0.25, -0.2) is 13.5 Å². The van der Waals surface area contributed by atoms with Crippen molar-refractivity contribution in [3.05, 3.63) is 86.2 Å². The van der Waals surface area contributed by atoms with E-state index in [9.17, 15) is 18.4 Å². The van der Waals surface area contributed by atoms with Crippen molar-refractivity contribution in [1.29, 1.82) is 0 Å². The molecule has 3 saturated carbocycles. The van der Waals surface area contributed by atoms with Gasteiger partial charge in [0, 0.05) is 21.8 Å². The van der Waals surface area contributed by atoms with E-state index < -0.39 is 23.1 Å². The molecule has 3 bridgehead atoms. The predicted octanol–water partition coefficient (Wildman–Crippen LogP) is 5.82. The van der Waals surface area contributed by atoms with Crippen LogP contribution in [0, 0.1) is 29.4 Å². The molecule has 4 atom stereocenters. The third-order valence-corrected chi connectivity index (χ3v) is 9.06. The molecule has 5 nitrogen and oxygen atoms in total. The Morgan fingerprint density at radius 1 is 1.06 bits per heavy atom. The van der Waals surface area contributed by atoms with Crippen molar-refractivity contribution in [3.63, 3.8) is 0 Å². The standard InChI is InChI=1S/C28H28BrF2N3O2/c29-20-6-8-21(9-7-20)34-27(36)23(16-33(34)15-22-24(30)4-1-5-25(22)31)26(35)32-28-10-2-3-18-11-17(13-28)12-19(18)14-28/h1,4-9,16-19H,2-3,10-15H2,(H,32,35). The van der Waals surface area contributed by atoms with Gasteiger partial charge in [0.2, 0.25) is 0 Å². The lowest BCUT2D eigenvalue weighted by molar-refractivity contribution is 0.0823. The third-order valence-electron chi connectivity index (χ3n) is 8.54. The summed E-state index contributed by atoms with van der Waals surface area (Å²) in [5.74, 6) is 0.256. The van der Waals surface area contributed by atoms with Crippen LogP contribution in [0.25, 0.3) is 5.69 Å². The van der Waals surface area contributed by atoms with E-state index in [1.54, 1.807) is 24.3 Å². The number of carbonyl (C=O) groups excluding carboxylic acids is 1. The maximum atomic E-state index is 14.5. The molecule has 1 amide bonds. The van der Waals surface area contributed by atoms with E-state index in [1.165, 1.54) is 53.0 Å². The fourth-order valence-corrected chi connectivity index (χ4v) is 7.35. The number of fused-ring (bicyclic) bond motifs is 2. The van der Waals surface area contributed by atoms with Crippen molar-refractivity contribution < 1.29 is 13.6 Å². The lowest BCUT2D eigenvalue weighted by Crippen LogP contribution is -2.52. The predicted molar refractivity (Wildman–Crippen MR) is 136 cm³/mol. The first kappa shape index (κ1) is 23.6. The average molecular weight is 556 g/mol. The van der Waals surface area contributed by atoms with Gasteiger partial charge in [0.05, 0.1) is 12.2 Å². The highest BCUT2D eigenvalue weighted by Crippen LogP contribution is 2.55. The number of hydrogen-bond donors (Lipinski definition) is 1. The molecule has 3 aliphatic rings. The van der Waals surface area contributed by atoms with Crippen LogP contribution < -0.4 is 10.9 Å². The van der Waals surface area contributed by atoms with Crippen LogP contribution in [0.3, 0.4) is 0 Å². The zero-order valence-corrected chi connectivity index (χ0v) is 21.4. The van der Waals surface area contributed by atoms with Crippen LogP contribution >= 0.6 is 15.9 Å². The van der Waals surface area contributed by atoms with Crippen LogP contribution in [0.4, 0.5) is 8.78 Å². The lowest BCUT2D eigenvalue weighted by Gasteiger charge is -2.40. The van der Waals surface area contributed by atoms with Crippen molar-refractivity contribution >= 4 is 21.8 Å². The lowest BCUT2D eigenvalue weighted by atomic mass is 9.73. The van der Waals surface area contributed by atoms with Crippen molar-refractivity contribution in [2.75, 3.05) is 0 Å². The molecular formula is C28H28BrF2N3O2. The maximum Gasteiger partial charge on any atom is 0.284 e. The molecular weight excluding hydrogens is 528 g/mol. The van der Waals surface area contributed by atoms with E-state index in [0.29, 0.717) is 17.5 Å². The Morgan fingerprint density at radius 2 is 1.78 bits per heavy atom. The average Bonchev–Trinajstić information content (AvgIpc) is 3.27. The van der Waals surface area contributed by atoms with E-state index in [4.69, 9.17) is 0 Å². The number of hydrogen-bond acceptors (Lipinski definition) is 2. The molecule has 1 N–H and O–H groups in total. The first-order valence-electron chi connectivity index (χ1n) is 12.7. The van der Waals surface area contributed by atoms with Crippen LogP contribution in [0.15, 0.2) is 57.9 Å². The van der Waals surface area contributed by atoms with E-state index in [2.05, 4.69) is 21.2 Å². The largest absolute Gasteiger partial charge is 0.346 e. The minimum Gasteiger partial charge on any atom is -0.346 e. The monoisotopic (exact) mass is 555 g/mol. The molecule has 3 aromatic rings. The summed E-state index contributed by atoms with van der Waals surface area (Å²) in [6.45, 7) is -0.228. The first-order chi connectivity index (χ1) is 17.3. The van der Waals surface area contributed by atoms with Gasteiger partial charge >= 0.3 is 0 Å². The fourth-order valence-electron chi connectivity index (χ4n) is 7.08. The highest BCUT2D eigenvalue weighted by Gasteiger charge is 2.50. The number of carbonyl (C=O) groups is 1. The van der Waals surface area contributed by atoms with E-state index >= 15 is 0 Å². The van der Waals surface area contributed by atoms with Gasteiger partial charge in [0.15, 0.2) is 0 Å². The number of halogens is 3. The molecule has 0 spiro atoms. The normalized spacial score (nSPS) is 26.7. The molecule has 2 aromatic carbocycles. The molecule has 0 saturated heterocycles. The number of nitrogens with one attached hydrogen (secondary N) is 1. The van der Waals surface area contributed by atoms with Crippen molar-refractivity contribution in [3.8, 4) is 5.69 Å². The van der Waals surface area contributed by atoms with Crippen LogP contribution in [0.5, 0.6) is 0 Å². The Morgan fingerprint density at radius 3 is 2.53 bits per heavy atom. The van der Waals surface area contributed by atoms with Crippen LogP contribution in [0.2, 0.25) is 0 Å². The second-order valence-corrected chi connectivity index (χ2v) is 11.7. The van der Waals surface area contributed by atoms with Gasteiger partial charge in [-0.1, -0.05) is 34.8 Å². The molecule has 1 aromatic heterocycles. The number of benzene rings is 2. The van der Waals surface area contributed by atoms with Crippen molar-refractivity contribution in [2.24, 2.45) is 17.8 Å². The van der Waals surface area contributed by atoms with E-state index in [-0.39, 0.29) is 23.2 Å². The third kappa shape index (κ3) is 4.13. The van der Waals surface area contributed by atoms with Gasteiger partial charge in [0.1, 0.15) is 17.2 Å². The maximum absolute atomic E-state index is 14.5. The molecule has 0 aliphatic heterocycles. The quantitative estimate of drug-likeness (QED) is 0.431. The summed E-state index contributed by atoms with van der Waals surface area (Å²) in [4.78, 5) is 27.2.